The molecule has 510 valence electrons. The van der Waals surface area contributed by atoms with Gasteiger partial charge in [0.1, 0.15) is 6.10 Å². The van der Waals surface area contributed by atoms with Gasteiger partial charge in [-0.05, 0) is 128 Å². The quantitative estimate of drug-likeness (QED) is 0.0225. The van der Waals surface area contributed by atoms with Gasteiger partial charge in [-0.3, -0.25) is 19.2 Å². The molecule has 7 N–H and O–H groups in total. The van der Waals surface area contributed by atoms with Crippen molar-refractivity contribution >= 4 is 23.9 Å². The summed E-state index contributed by atoms with van der Waals surface area (Å²) in [6.45, 7) is 8.31. The van der Waals surface area contributed by atoms with Crippen molar-refractivity contribution in [1.29, 1.82) is 0 Å². The molecule has 0 bridgehead atoms. The minimum Gasteiger partial charge on any atom is -0.481 e. The maximum absolute atomic E-state index is 10.3. The summed E-state index contributed by atoms with van der Waals surface area (Å²) in [5, 5.41) is 58.0. The molecule has 0 spiro atoms. The summed E-state index contributed by atoms with van der Waals surface area (Å²) in [6.07, 6.45) is 84.0. The van der Waals surface area contributed by atoms with Gasteiger partial charge >= 0.3 is 23.9 Å². The summed E-state index contributed by atoms with van der Waals surface area (Å²) in [7, 11) is 0. The van der Waals surface area contributed by atoms with Crippen LogP contribution in [-0.4, -0.2) is 78.9 Å². The molecule has 0 saturated heterocycles. The fourth-order valence-corrected chi connectivity index (χ4v) is 9.45. The molecule has 86 heavy (non-hydrogen) atoms. The highest BCUT2D eigenvalue weighted by Gasteiger charge is 2.00. The molecule has 0 aliphatic rings. The average molecular weight is 1220 g/mol. The Bertz CT molecular complexity index is 1220. The number of aliphatic hydroxyl groups is 3. The van der Waals surface area contributed by atoms with Gasteiger partial charge in [0.2, 0.25) is 0 Å². The molecule has 11 nitrogen and oxygen atoms in total. The first-order valence-corrected chi connectivity index (χ1v) is 36.3. The first kappa shape index (κ1) is 91.5. The molecule has 11 heteroatoms. The topological polar surface area (TPSA) is 210 Å². The number of unbranched alkanes of at least 4 members (excludes halogenated alkanes) is 44. The number of aliphatic carboxylic acids is 4. The van der Waals surface area contributed by atoms with E-state index in [4.69, 9.17) is 35.7 Å². The standard InChI is InChI=1S/4C18H34O2.C3H8O3/c4*1-2-3-4-5-6-7-8-9-10-11-12-13-14-15-16-17-18(19)20;4-1-3(6)2-5/h4*9-10H,2-8,11-17H2,1H3,(H,19,20);3-6H,1-2H2. The highest BCUT2D eigenvalue weighted by atomic mass is 16.4. The van der Waals surface area contributed by atoms with Crippen LogP contribution in [0.5, 0.6) is 0 Å². The van der Waals surface area contributed by atoms with E-state index in [0.717, 1.165) is 51.4 Å². The lowest BCUT2D eigenvalue weighted by atomic mass is 10.1. The van der Waals surface area contributed by atoms with Crippen molar-refractivity contribution in [3.05, 3.63) is 48.6 Å². The highest BCUT2D eigenvalue weighted by molar-refractivity contribution is 5.67. The van der Waals surface area contributed by atoms with E-state index in [-0.39, 0.29) is 13.2 Å². The molecule has 0 aliphatic heterocycles. The van der Waals surface area contributed by atoms with E-state index >= 15 is 0 Å². The summed E-state index contributed by atoms with van der Waals surface area (Å²) in [5.41, 5.74) is 0. The lowest BCUT2D eigenvalue weighted by Gasteiger charge is -1.99. The number of carboxylic acid groups (broad SMARTS) is 4. The molecule has 0 aromatic heterocycles. The molecule has 0 fully saturated rings. The summed E-state index contributed by atoms with van der Waals surface area (Å²) in [6, 6.07) is 0. The fraction of sp³-hybridized carbons (Fsp3) is 0.840. The summed E-state index contributed by atoms with van der Waals surface area (Å²) < 4.78 is 0. The Labute approximate surface area is 531 Å². The molecule has 0 atom stereocenters. The monoisotopic (exact) mass is 1220 g/mol. The third kappa shape index (κ3) is 109. The number of hydrogen-bond acceptors (Lipinski definition) is 7. The van der Waals surface area contributed by atoms with Crippen LogP contribution in [0.25, 0.3) is 0 Å². The van der Waals surface area contributed by atoms with Gasteiger partial charge in [0.15, 0.2) is 0 Å². The minimum absolute atomic E-state index is 0.332. The average Bonchev–Trinajstić information content (AvgIpc) is 3.49. The Morgan fingerprint density at radius 1 is 0.233 bits per heavy atom. The van der Waals surface area contributed by atoms with Gasteiger partial charge in [-0.1, -0.05) is 282 Å². The number of allylic oxidation sites excluding steroid dienone is 8. The third-order valence-corrected chi connectivity index (χ3v) is 15.0. The van der Waals surface area contributed by atoms with Gasteiger partial charge in [-0.15, -0.1) is 0 Å². The second kappa shape index (κ2) is 88.2. The van der Waals surface area contributed by atoms with Crippen LogP contribution in [0, 0.1) is 0 Å². The van der Waals surface area contributed by atoms with Crippen molar-refractivity contribution < 1.29 is 54.9 Å². The predicted octanol–water partition coefficient (Wildman–Crippen LogP) is 22.8. The van der Waals surface area contributed by atoms with Crippen LogP contribution < -0.4 is 0 Å². The van der Waals surface area contributed by atoms with Crippen LogP contribution in [0.2, 0.25) is 0 Å². The first-order chi connectivity index (χ1) is 41.9. The molecular formula is C75H144O11. The normalized spacial score (nSPS) is 11.2. The smallest absolute Gasteiger partial charge is 0.303 e. The van der Waals surface area contributed by atoms with E-state index in [2.05, 4.69) is 76.3 Å². The Balaban J connectivity index is -0.000000328. The second-order valence-electron chi connectivity index (χ2n) is 23.9. The van der Waals surface area contributed by atoms with Crippen molar-refractivity contribution in [2.45, 2.75) is 393 Å². The third-order valence-electron chi connectivity index (χ3n) is 15.0. The minimum atomic E-state index is -0.954. The number of hydrogen-bond donors (Lipinski definition) is 7. The zero-order valence-corrected chi connectivity index (χ0v) is 57.0. The van der Waals surface area contributed by atoms with Crippen molar-refractivity contribution in [3.63, 3.8) is 0 Å². The Hall–Kier alpha value is -3.28. The Morgan fingerprint density at radius 3 is 0.477 bits per heavy atom. The van der Waals surface area contributed by atoms with Crippen LogP contribution in [0.15, 0.2) is 48.6 Å². The Morgan fingerprint density at radius 2 is 0.360 bits per heavy atom. The number of rotatable bonds is 62. The zero-order chi connectivity index (χ0) is 64.6. The molecule has 0 amide bonds. The van der Waals surface area contributed by atoms with Gasteiger partial charge in [0, 0.05) is 25.7 Å². The van der Waals surface area contributed by atoms with E-state index in [9.17, 15) is 19.2 Å². The lowest BCUT2D eigenvalue weighted by molar-refractivity contribution is -0.138. The first-order valence-electron chi connectivity index (χ1n) is 36.3. The second-order valence-corrected chi connectivity index (χ2v) is 23.9. The Kier molecular flexibility index (Phi) is 93.7. The molecule has 0 unspecified atom stereocenters. The molecular weight excluding hydrogens is 1080 g/mol. The van der Waals surface area contributed by atoms with Crippen LogP contribution in [0.1, 0.15) is 387 Å². The largest absolute Gasteiger partial charge is 0.481 e. The molecule has 0 saturated carbocycles. The van der Waals surface area contributed by atoms with Gasteiger partial charge < -0.3 is 35.7 Å². The van der Waals surface area contributed by atoms with Crippen molar-refractivity contribution in [3.8, 4) is 0 Å². The predicted molar refractivity (Wildman–Crippen MR) is 369 cm³/mol. The highest BCUT2D eigenvalue weighted by Crippen LogP contribution is 2.15. The van der Waals surface area contributed by atoms with E-state index in [1.54, 1.807) is 0 Å². The van der Waals surface area contributed by atoms with Gasteiger partial charge in [-0.2, -0.15) is 0 Å². The molecule has 0 aromatic carbocycles. The number of carboxylic acids is 4. The van der Waals surface area contributed by atoms with Crippen molar-refractivity contribution in [2.75, 3.05) is 13.2 Å². The van der Waals surface area contributed by atoms with Crippen molar-refractivity contribution in [1.82, 2.24) is 0 Å². The van der Waals surface area contributed by atoms with Gasteiger partial charge in [0.05, 0.1) is 13.2 Å². The fourth-order valence-electron chi connectivity index (χ4n) is 9.45. The molecule has 0 aromatic rings. The van der Waals surface area contributed by atoms with Crippen molar-refractivity contribution in [2.24, 2.45) is 0 Å². The number of aliphatic hydroxyl groups excluding tert-OH is 3. The van der Waals surface area contributed by atoms with Gasteiger partial charge in [-0.25, -0.2) is 0 Å². The summed E-state index contributed by atoms with van der Waals surface area (Å²) in [4.78, 5) is 41.3. The number of carbonyl (C=O) groups is 4. The van der Waals surface area contributed by atoms with E-state index in [1.807, 2.05) is 0 Å². The van der Waals surface area contributed by atoms with Crippen LogP contribution in [0.4, 0.5) is 0 Å². The maximum Gasteiger partial charge on any atom is 0.303 e. The maximum atomic E-state index is 10.3. The van der Waals surface area contributed by atoms with Crippen LogP contribution in [0.3, 0.4) is 0 Å². The SMILES string of the molecule is CCCCCCCCC=CCCCCCCCC(=O)O.CCCCCCCCC=CCCCCCCCC(=O)O.CCCCCCCCC=CCCCCCCCC(=O)O.CCCCCCCCC=CCCCCCCCC(=O)O.OCC(O)CO. The van der Waals surface area contributed by atoms with E-state index < -0.39 is 30.0 Å². The molecule has 0 radical (unpaired) electrons. The van der Waals surface area contributed by atoms with Crippen LogP contribution >= 0.6 is 0 Å². The van der Waals surface area contributed by atoms with E-state index in [1.165, 1.54) is 283 Å². The molecule has 0 rings (SSSR count). The van der Waals surface area contributed by atoms with E-state index in [0.29, 0.717) is 25.7 Å². The van der Waals surface area contributed by atoms with Crippen LogP contribution in [-0.2, 0) is 19.2 Å². The summed E-state index contributed by atoms with van der Waals surface area (Å²) >= 11 is 0. The zero-order valence-electron chi connectivity index (χ0n) is 57.0. The lowest BCUT2D eigenvalue weighted by Crippen LogP contribution is -2.15. The summed E-state index contributed by atoms with van der Waals surface area (Å²) in [5.74, 6) is -2.66. The molecule has 0 heterocycles. The molecule has 0 aliphatic carbocycles. The van der Waals surface area contributed by atoms with Gasteiger partial charge in [0.25, 0.3) is 0 Å².